The van der Waals surface area contributed by atoms with Crippen molar-refractivity contribution < 1.29 is 4.39 Å². The SMILES string of the molecule is CC(C)(C)c1nc(N)cc(Nc2cc(F)ccc2Cl)n1. The van der Waals surface area contributed by atoms with Gasteiger partial charge in [-0.2, -0.15) is 0 Å². The molecule has 0 aliphatic carbocycles. The van der Waals surface area contributed by atoms with E-state index in [9.17, 15) is 4.39 Å². The van der Waals surface area contributed by atoms with Crippen LogP contribution in [0.4, 0.5) is 21.7 Å². The van der Waals surface area contributed by atoms with Gasteiger partial charge in [0.15, 0.2) is 0 Å². The summed E-state index contributed by atoms with van der Waals surface area (Å²) in [6.07, 6.45) is 0. The van der Waals surface area contributed by atoms with Crippen molar-refractivity contribution in [2.24, 2.45) is 0 Å². The molecule has 0 saturated carbocycles. The summed E-state index contributed by atoms with van der Waals surface area (Å²) in [5, 5.41) is 3.37. The van der Waals surface area contributed by atoms with E-state index in [1.54, 1.807) is 6.07 Å². The minimum absolute atomic E-state index is 0.239. The predicted octanol–water partition coefficient (Wildman–Crippen LogP) is 3.89. The highest BCUT2D eigenvalue weighted by Crippen LogP contribution is 2.27. The van der Waals surface area contributed by atoms with E-state index in [-0.39, 0.29) is 11.2 Å². The molecule has 1 heterocycles. The summed E-state index contributed by atoms with van der Waals surface area (Å²) in [6, 6.07) is 5.66. The van der Waals surface area contributed by atoms with Crippen LogP contribution in [0.5, 0.6) is 0 Å². The van der Waals surface area contributed by atoms with E-state index in [0.717, 1.165) is 0 Å². The molecule has 0 aliphatic rings. The standard InChI is InChI=1S/C14H16ClFN4/c1-14(2,3)13-19-11(17)7-12(20-13)18-10-6-8(16)4-5-9(10)15/h4-7H,1-3H3,(H3,17,18,19,20). The molecular formula is C14H16ClFN4. The number of anilines is 3. The molecular weight excluding hydrogens is 279 g/mol. The predicted molar refractivity (Wildman–Crippen MR) is 79.8 cm³/mol. The van der Waals surface area contributed by atoms with E-state index in [1.165, 1.54) is 18.2 Å². The lowest BCUT2D eigenvalue weighted by molar-refractivity contribution is 0.547. The Labute approximate surface area is 122 Å². The molecule has 3 N–H and O–H groups in total. The largest absolute Gasteiger partial charge is 0.384 e. The molecule has 0 spiro atoms. The van der Waals surface area contributed by atoms with Gasteiger partial charge in [-0.1, -0.05) is 32.4 Å². The molecule has 0 radical (unpaired) electrons. The minimum atomic E-state index is -0.380. The molecule has 20 heavy (non-hydrogen) atoms. The Hall–Kier alpha value is -1.88. The van der Waals surface area contributed by atoms with Crippen LogP contribution in [0.2, 0.25) is 5.02 Å². The van der Waals surface area contributed by atoms with E-state index >= 15 is 0 Å². The molecule has 2 aromatic rings. The Kier molecular flexibility index (Phi) is 3.81. The number of nitrogens with one attached hydrogen (secondary N) is 1. The monoisotopic (exact) mass is 294 g/mol. The molecule has 0 bridgehead atoms. The third kappa shape index (κ3) is 3.36. The molecule has 0 atom stereocenters. The van der Waals surface area contributed by atoms with Gasteiger partial charge in [-0.3, -0.25) is 0 Å². The van der Waals surface area contributed by atoms with Crippen LogP contribution in [0.3, 0.4) is 0 Å². The van der Waals surface area contributed by atoms with Crippen LogP contribution in [0.1, 0.15) is 26.6 Å². The highest BCUT2D eigenvalue weighted by Gasteiger charge is 2.19. The summed E-state index contributed by atoms with van der Waals surface area (Å²) in [5.74, 6) is 1.05. The number of nitrogens with two attached hydrogens (primary N) is 1. The van der Waals surface area contributed by atoms with Crippen molar-refractivity contribution in [2.45, 2.75) is 26.2 Å². The molecule has 1 aromatic carbocycles. The highest BCUT2D eigenvalue weighted by atomic mass is 35.5. The first-order valence-electron chi connectivity index (χ1n) is 6.13. The van der Waals surface area contributed by atoms with Gasteiger partial charge < -0.3 is 11.1 Å². The second-order valence-corrected chi connectivity index (χ2v) is 5.91. The summed E-state index contributed by atoms with van der Waals surface area (Å²) in [5.41, 5.74) is 5.98. The van der Waals surface area contributed by atoms with Crippen LogP contribution in [0.15, 0.2) is 24.3 Å². The van der Waals surface area contributed by atoms with Crippen LogP contribution >= 0.6 is 11.6 Å². The molecule has 0 amide bonds. The van der Waals surface area contributed by atoms with Gasteiger partial charge in [0.05, 0.1) is 10.7 Å². The number of aromatic nitrogens is 2. The van der Waals surface area contributed by atoms with Crippen molar-refractivity contribution >= 4 is 28.9 Å². The number of halogens is 2. The zero-order chi connectivity index (χ0) is 14.9. The maximum atomic E-state index is 13.2. The van der Waals surface area contributed by atoms with E-state index in [2.05, 4.69) is 15.3 Å². The molecule has 0 saturated heterocycles. The Bertz CT molecular complexity index is 638. The summed E-state index contributed by atoms with van der Waals surface area (Å²) < 4.78 is 13.2. The topological polar surface area (TPSA) is 63.8 Å². The first-order chi connectivity index (χ1) is 9.25. The molecule has 2 rings (SSSR count). The lowest BCUT2D eigenvalue weighted by Crippen LogP contribution is -2.17. The minimum Gasteiger partial charge on any atom is -0.384 e. The van der Waals surface area contributed by atoms with Gasteiger partial charge in [0.1, 0.15) is 23.3 Å². The first kappa shape index (κ1) is 14.5. The Morgan fingerprint density at radius 2 is 1.90 bits per heavy atom. The normalized spacial score (nSPS) is 11.4. The number of nitrogens with zero attached hydrogens (tertiary/aromatic N) is 2. The number of rotatable bonds is 2. The molecule has 6 heteroatoms. The van der Waals surface area contributed by atoms with E-state index in [4.69, 9.17) is 17.3 Å². The van der Waals surface area contributed by atoms with Crippen molar-refractivity contribution in [1.82, 2.24) is 9.97 Å². The fourth-order valence-corrected chi connectivity index (χ4v) is 1.76. The fourth-order valence-electron chi connectivity index (χ4n) is 1.60. The number of hydrogen-bond donors (Lipinski definition) is 2. The number of hydrogen-bond acceptors (Lipinski definition) is 4. The van der Waals surface area contributed by atoms with Crippen LogP contribution in [-0.4, -0.2) is 9.97 Å². The van der Waals surface area contributed by atoms with Gasteiger partial charge in [-0.15, -0.1) is 0 Å². The average Bonchev–Trinajstić information content (AvgIpc) is 2.32. The van der Waals surface area contributed by atoms with Crippen molar-refractivity contribution in [3.63, 3.8) is 0 Å². The van der Waals surface area contributed by atoms with Crippen molar-refractivity contribution in [1.29, 1.82) is 0 Å². The molecule has 1 aromatic heterocycles. The quantitative estimate of drug-likeness (QED) is 0.882. The van der Waals surface area contributed by atoms with Crippen molar-refractivity contribution in [3.05, 3.63) is 40.9 Å². The third-order valence-corrected chi connectivity index (χ3v) is 2.94. The lowest BCUT2D eigenvalue weighted by atomic mass is 9.96. The zero-order valence-electron chi connectivity index (χ0n) is 11.5. The second kappa shape index (κ2) is 5.25. The molecule has 0 unspecified atom stereocenters. The van der Waals surface area contributed by atoms with Gasteiger partial charge in [0.2, 0.25) is 0 Å². The van der Waals surface area contributed by atoms with Gasteiger partial charge in [0.25, 0.3) is 0 Å². The summed E-state index contributed by atoms with van der Waals surface area (Å²) in [4.78, 5) is 8.59. The second-order valence-electron chi connectivity index (χ2n) is 5.50. The average molecular weight is 295 g/mol. The van der Waals surface area contributed by atoms with Gasteiger partial charge >= 0.3 is 0 Å². The maximum Gasteiger partial charge on any atom is 0.138 e. The Balaban J connectivity index is 2.39. The number of benzene rings is 1. The first-order valence-corrected chi connectivity index (χ1v) is 6.50. The van der Waals surface area contributed by atoms with Gasteiger partial charge in [-0.05, 0) is 18.2 Å². The van der Waals surface area contributed by atoms with Crippen molar-refractivity contribution in [2.75, 3.05) is 11.1 Å². The summed E-state index contributed by atoms with van der Waals surface area (Å²) >= 11 is 6.01. The maximum absolute atomic E-state index is 13.2. The molecule has 0 fully saturated rings. The highest BCUT2D eigenvalue weighted by molar-refractivity contribution is 6.33. The molecule has 0 aliphatic heterocycles. The van der Waals surface area contributed by atoms with Crippen LogP contribution in [0.25, 0.3) is 0 Å². The van der Waals surface area contributed by atoms with Gasteiger partial charge in [0, 0.05) is 11.5 Å². The Morgan fingerprint density at radius 3 is 2.55 bits per heavy atom. The van der Waals surface area contributed by atoms with E-state index in [1.807, 2.05) is 20.8 Å². The van der Waals surface area contributed by atoms with E-state index < -0.39 is 0 Å². The summed E-state index contributed by atoms with van der Waals surface area (Å²) in [7, 11) is 0. The van der Waals surface area contributed by atoms with Crippen LogP contribution < -0.4 is 11.1 Å². The zero-order valence-corrected chi connectivity index (χ0v) is 12.3. The fraction of sp³-hybridized carbons (Fsp3) is 0.286. The Morgan fingerprint density at radius 1 is 1.20 bits per heavy atom. The molecule has 4 nitrogen and oxygen atoms in total. The third-order valence-electron chi connectivity index (χ3n) is 2.61. The van der Waals surface area contributed by atoms with Crippen molar-refractivity contribution in [3.8, 4) is 0 Å². The smallest absolute Gasteiger partial charge is 0.138 e. The molecule has 106 valence electrons. The summed E-state index contributed by atoms with van der Waals surface area (Å²) in [6.45, 7) is 5.96. The van der Waals surface area contributed by atoms with Crippen LogP contribution in [0, 0.1) is 5.82 Å². The van der Waals surface area contributed by atoms with Crippen LogP contribution in [-0.2, 0) is 5.41 Å². The van der Waals surface area contributed by atoms with Gasteiger partial charge in [-0.25, -0.2) is 14.4 Å². The lowest BCUT2D eigenvalue weighted by Gasteiger charge is -2.18. The number of nitrogen functional groups attached to an aromatic ring is 1. The van der Waals surface area contributed by atoms with E-state index in [0.29, 0.717) is 28.2 Å².